The van der Waals surface area contributed by atoms with Gasteiger partial charge in [0.2, 0.25) is 10.0 Å². The van der Waals surface area contributed by atoms with Crippen LogP contribution in [0.3, 0.4) is 0 Å². The summed E-state index contributed by atoms with van der Waals surface area (Å²) in [5, 5.41) is 2.24. The van der Waals surface area contributed by atoms with Gasteiger partial charge in [0.15, 0.2) is 6.61 Å². The van der Waals surface area contributed by atoms with E-state index in [9.17, 15) is 22.4 Å². The third-order valence-electron chi connectivity index (χ3n) is 3.52. The average molecular weight is 429 g/mol. The van der Waals surface area contributed by atoms with Crippen LogP contribution >= 0.6 is 11.6 Å². The van der Waals surface area contributed by atoms with E-state index in [0.29, 0.717) is 0 Å². The van der Waals surface area contributed by atoms with Crippen molar-refractivity contribution in [2.75, 3.05) is 18.5 Å². The van der Waals surface area contributed by atoms with Crippen LogP contribution in [0.15, 0.2) is 47.4 Å². The number of benzene rings is 2. The van der Waals surface area contributed by atoms with E-state index in [1.54, 1.807) is 12.1 Å². The van der Waals surface area contributed by atoms with Crippen molar-refractivity contribution in [1.29, 1.82) is 0 Å². The minimum atomic E-state index is -3.73. The van der Waals surface area contributed by atoms with Crippen LogP contribution in [-0.4, -0.2) is 33.4 Å². The quantitative estimate of drug-likeness (QED) is 0.629. The van der Waals surface area contributed by atoms with Gasteiger partial charge in [-0.2, -0.15) is 0 Å². The lowest BCUT2D eigenvalue weighted by Crippen LogP contribution is -2.28. The molecule has 0 spiro atoms. The van der Waals surface area contributed by atoms with Crippen molar-refractivity contribution in [3.63, 3.8) is 0 Å². The number of aryl methyl sites for hydroxylation is 1. The molecule has 10 heteroatoms. The summed E-state index contributed by atoms with van der Waals surface area (Å²) < 4.78 is 44.3. The molecule has 0 saturated heterocycles. The lowest BCUT2D eigenvalue weighted by atomic mass is 10.2. The van der Waals surface area contributed by atoms with Gasteiger partial charge in [-0.1, -0.05) is 29.3 Å². The number of carbonyl (C=O) groups is 2. The molecule has 0 atom stereocenters. The first-order chi connectivity index (χ1) is 13.2. The summed E-state index contributed by atoms with van der Waals surface area (Å²) in [6.07, 6.45) is -0.249. The first-order valence-corrected chi connectivity index (χ1v) is 10.0. The van der Waals surface area contributed by atoms with Gasteiger partial charge in [0.25, 0.3) is 5.91 Å². The van der Waals surface area contributed by atoms with Crippen LogP contribution in [0.2, 0.25) is 5.02 Å². The Morgan fingerprint density at radius 3 is 2.46 bits per heavy atom. The van der Waals surface area contributed by atoms with Crippen molar-refractivity contribution in [3.05, 3.63) is 58.9 Å². The molecule has 7 nitrogen and oxygen atoms in total. The van der Waals surface area contributed by atoms with E-state index in [4.69, 9.17) is 16.3 Å². The van der Waals surface area contributed by atoms with Crippen LogP contribution in [0.1, 0.15) is 12.0 Å². The van der Waals surface area contributed by atoms with Crippen LogP contribution in [0.5, 0.6) is 0 Å². The van der Waals surface area contributed by atoms with Crippen molar-refractivity contribution >= 4 is 39.2 Å². The maximum absolute atomic E-state index is 13.1. The number of carbonyl (C=O) groups excluding carboxylic acids is 2. The molecular formula is C18H18ClFN2O5S. The molecular weight excluding hydrogens is 411 g/mol. The van der Waals surface area contributed by atoms with Crippen LogP contribution in [0.4, 0.5) is 10.1 Å². The zero-order valence-electron chi connectivity index (χ0n) is 14.9. The summed E-state index contributed by atoms with van der Waals surface area (Å²) in [6, 6.07) is 9.86. The second-order valence-electron chi connectivity index (χ2n) is 5.80. The summed E-state index contributed by atoms with van der Waals surface area (Å²) in [4.78, 5) is 23.5. The fourth-order valence-electron chi connectivity index (χ4n) is 2.08. The van der Waals surface area contributed by atoms with Gasteiger partial charge >= 0.3 is 5.97 Å². The monoisotopic (exact) mass is 428 g/mol. The van der Waals surface area contributed by atoms with Gasteiger partial charge in [0, 0.05) is 12.2 Å². The Morgan fingerprint density at radius 1 is 1.14 bits per heavy atom. The van der Waals surface area contributed by atoms with Crippen molar-refractivity contribution in [2.24, 2.45) is 0 Å². The third-order valence-corrected chi connectivity index (χ3v) is 5.29. The van der Waals surface area contributed by atoms with Gasteiger partial charge in [0.05, 0.1) is 16.3 Å². The maximum Gasteiger partial charge on any atom is 0.307 e. The highest BCUT2D eigenvalue weighted by molar-refractivity contribution is 7.89. The standard InChI is InChI=1S/C18H18ClFN2O5S/c1-12-2-5-14(6-3-12)28(25,26)21-9-8-18(24)27-11-17(23)22-13-4-7-16(20)15(19)10-13/h2-7,10,21H,8-9,11H2,1H3,(H,22,23). The van der Waals surface area contributed by atoms with E-state index in [0.717, 1.165) is 11.6 Å². The van der Waals surface area contributed by atoms with Crippen LogP contribution in [0.25, 0.3) is 0 Å². The summed E-state index contributed by atoms with van der Waals surface area (Å²) in [5.41, 5.74) is 1.17. The molecule has 2 aromatic rings. The number of hydrogen-bond acceptors (Lipinski definition) is 5. The summed E-state index contributed by atoms with van der Waals surface area (Å²) in [6.45, 7) is 1.09. The molecule has 2 aromatic carbocycles. The Balaban J connectivity index is 1.74. The number of anilines is 1. The van der Waals surface area contributed by atoms with Gasteiger partial charge in [-0.05, 0) is 37.3 Å². The van der Waals surface area contributed by atoms with E-state index < -0.39 is 34.3 Å². The van der Waals surface area contributed by atoms with Crippen LogP contribution < -0.4 is 10.0 Å². The molecule has 2 N–H and O–H groups in total. The number of sulfonamides is 1. The van der Waals surface area contributed by atoms with Crippen molar-refractivity contribution in [1.82, 2.24) is 4.72 Å². The molecule has 0 aromatic heterocycles. The lowest BCUT2D eigenvalue weighted by molar-refractivity contribution is -0.147. The lowest BCUT2D eigenvalue weighted by Gasteiger charge is -2.08. The fourth-order valence-corrected chi connectivity index (χ4v) is 3.29. The number of amides is 1. The number of halogens is 2. The number of esters is 1. The van der Waals surface area contributed by atoms with E-state index in [-0.39, 0.29) is 28.6 Å². The third kappa shape index (κ3) is 6.59. The average Bonchev–Trinajstić information content (AvgIpc) is 2.63. The molecule has 0 aliphatic carbocycles. The molecule has 0 bridgehead atoms. The molecule has 28 heavy (non-hydrogen) atoms. The predicted molar refractivity (Wildman–Crippen MR) is 102 cm³/mol. The van der Waals surface area contributed by atoms with Gasteiger partial charge in [-0.25, -0.2) is 17.5 Å². The molecule has 0 saturated carbocycles. The zero-order chi connectivity index (χ0) is 20.7. The Bertz CT molecular complexity index is 964. The molecule has 0 radical (unpaired) electrons. The van der Waals surface area contributed by atoms with Gasteiger partial charge < -0.3 is 10.1 Å². The van der Waals surface area contributed by atoms with Crippen molar-refractivity contribution < 1.29 is 27.1 Å². The molecule has 0 aliphatic rings. The largest absolute Gasteiger partial charge is 0.456 e. The number of nitrogens with one attached hydrogen (secondary N) is 2. The highest BCUT2D eigenvalue weighted by Gasteiger charge is 2.15. The van der Waals surface area contributed by atoms with E-state index >= 15 is 0 Å². The molecule has 0 unspecified atom stereocenters. The van der Waals surface area contributed by atoms with Gasteiger partial charge in [-0.15, -0.1) is 0 Å². The minimum Gasteiger partial charge on any atom is -0.456 e. The molecule has 1 amide bonds. The number of ether oxygens (including phenoxy) is 1. The smallest absolute Gasteiger partial charge is 0.307 e. The van der Waals surface area contributed by atoms with E-state index in [1.165, 1.54) is 24.3 Å². The maximum atomic E-state index is 13.1. The molecule has 2 rings (SSSR count). The second-order valence-corrected chi connectivity index (χ2v) is 7.97. The highest BCUT2D eigenvalue weighted by Crippen LogP contribution is 2.19. The minimum absolute atomic E-state index is 0.0869. The highest BCUT2D eigenvalue weighted by atomic mass is 35.5. The normalized spacial score (nSPS) is 11.1. The Hall–Kier alpha value is -2.49. The topological polar surface area (TPSA) is 102 Å². The number of hydrogen-bond donors (Lipinski definition) is 2. The molecule has 0 aliphatic heterocycles. The predicted octanol–water partition coefficient (Wildman–Crippen LogP) is 2.64. The first kappa shape index (κ1) is 21.8. The van der Waals surface area contributed by atoms with Gasteiger partial charge in [-0.3, -0.25) is 9.59 Å². The fraction of sp³-hybridized carbons (Fsp3) is 0.222. The van der Waals surface area contributed by atoms with Crippen molar-refractivity contribution in [3.8, 4) is 0 Å². The summed E-state index contributed by atoms with van der Waals surface area (Å²) >= 11 is 5.60. The molecule has 0 fully saturated rings. The van der Waals surface area contributed by atoms with Crippen molar-refractivity contribution in [2.45, 2.75) is 18.2 Å². The number of rotatable bonds is 8. The Morgan fingerprint density at radius 2 is 1.82 bits per heavy atom. The van der Waals surface area contributed by atoms with E-state index in [1.807, 2.05) is 6.92 Å². The van der Waals surface area contributed by atoms with E-state index in [2.05, 4.69) is 10.0 Å². The Labute approximate surface area is 166 Å². The SMILES string of the molecule is Cc1ccc(S(=O)(=O)NCCC(=O)OCC(=O)Nc2ccc(F)c(Cl)c2)cc1. The molecule has 0 heterocycles. The van der Waals surface area contributed by atoms with Gasteiger partial charge in [0.1, 0.15) is 5.82 Å². The molecule has 150 valence electrons. The zero-order valence-corrected chi connectivity index (χ0v) is 16.4. The van der Waals surface area contributed by atoms with Crippen LogP contribution in [0, 0.1) is 12.7 Å². The first-order valence-electron chi connectivity index (χ1n) is 8.14. The Kier molecular flexibility index (Phi) is 7.50. The van der Waals surface area contributed by atoms with Crippen LogP contribution in [-0.2, 0) is 24.3 Å². The summed E-state index contributed by atoms with van der Waals surface area (Å²) in [5.74, 6) is -2.02. The summed E-state index contributed by atoms with van der Waals surface area (Å²) in [7, 11) is -3.73. The second kappa shape index (κ2) is 9.63.